The fourth-order valence-corrected chi connectivity index (χ4v) is 2.67. The predicted molar refractivity (Wildman–Crippen MR) is 73.4 cm³/mol. The Hall–Kier alpha value is -0.120. The zero-order valence-electron chi connectivity index (χ0n) is 11.5. The van der Waals surface area contributed by atoms with Gasteiger partial charge in [0.2, 0.25) is 0 Å². The highest BCUT2D eigenvalue weighted by molar-refractivity contribution is 4.91. The molecule has 1 aliphatic carbocycles. The van der Waals surface area contributed by atoms with Crippen molar-refractivity contribution in [2.75, 3.05) is 26.2 Å². The van der Waals surface area contributed by atoms with E-state index in [1.807, 2.05) is 0 Å². The summed E-state index contributed by atoms with van der Waals surface area (Å²) in [6, 6.07) is 2.36. The third-order valence-corrected chi connectivity index (χ3v) is 3.87. The molecule has 0 aromatic heterocycles. The van der Waals surface area contributed by atoms with Crippen molar-refractivity contribution in [1.82, 2.24) is 15.5 Å². The molecule has 17 heavy (non-hydrogen) atoms. The molecule has 0 spiro atoms. The Morgan fingerprint density at radius 1 is 1.12 bits per heavy atom. The predicted octanol–water partition coefficient (Wildman–Crippen LogP) is 1.59. The highest BCUT2D eigenvalue weighted by atomic mass is 15.2. The summed E-state index contributed by atoms with van der Waals surface area (Å²) in [6.07, 6.45) is 6.87. The average Bonchev–Trinajstić information content (AvgIpc) is 3.04. The van der Waals surface area contributed by atoms with E-state index in [-0.39, 0.29) is 0 Å². The van der Waals surface area contributed by atoms with Crippen molar-refractivity contribution in [1.29, 1.82) is 0 Å². The van der Waals surface area contributed by atoms with Crippen LogP contribution in [0.15, 0.2) is 0 Å². The van der Waals surface area contributed by atoms with Crippen molar-refractivity contribution >= 4 is 0 Å². The Balaban J connectivity index is 1.43. The third-order valence-electron chi connectivity index (χ3n) is 3.87. The Kier molecular flexibility index (Phi) is 5.26. The molecule has 1 saturated carbocycles. The lowest BCUT2D eigenvalue weighted by Crippen LogP contribution is -2.34. The first-order chi connectivity index (χ1) is 8.25. The first kappa shape index (κ1) is 13.3. The molecule has 1 atom stereocenters. The van der Waals surface area contributed by atoms with Crippen molar-refractivity contribution in [3.63, 3.8) is 0 Å². The fraction of sp³-hybridized carbons (Fsp3) is 1.00. The summed E-state index contributed by atoms with van der Waals surface area (Å²) in [4.78, 5) is 2.68. The van der Waals surface area contributed by atoms with Gasteiger partial charge >= 0.3 is 0 Å². The number of rotatable bonds is 8. The SMILES string of the molecule is CC(C)NCCCCNC1CCN(C2CC2)C1. The van der Waals surface area contributed by atoms with Gasteiger partial charge in [-0.25, -0.2) is 0 Å². The van der Waals surface area contributed by atoms with Crippen LogP contribution in [0.5, 0.6) is 0 Å². The van der Waals surface area contributed by atoms with Gasteiger partial charge in [0.25, 0.3) is 0 Å². The molecule has 0 amide bonds. The summed E-state index contributed by atoms with van der Waals surface area (Å²) in [5.41, 5.74) is 0. The summed E-state index contributed by atoms with van der Waals surface area (Å²) in [5, 5.41) is 7.18. The molecule has 2 N–H and O–H groups in total. The second-order valence-corrected chi connectivity index (χ2v) is 5.98. The molecule has 1 unspecified atom stereocenters. The van der Waals surface area contributed by atoms with Gasteiger partial charge in [0.1, 0.15) is 0 Å². The molecule has 3 nitrogen and oxygen atoms in total. The maximum atomic E-state index is 3.71. The largest absolute Gasteiger partial charge is 0.315 e. The molecule has 0 radical (unpaired) electrons. The van der Waals surface area contributed by atoms with Crippen LogP contribution in [0.2, 0.25) is 0 Å². The van der Waals surface area contributed by atoms with Gasteiger partial charge in [-0.05, 0) is 45.2 Å². The second kappa shape index (κ2) is 6.72. The standard InChI is InChI=1S/C14H29N3/c1-12(2)15-8-3-4-9-16-13-7-10-17(11-13)14-5-6-14/h12-16H,3-11H2,1-2H3. The minimum atomic E-state index is 0.630. The van der Waals surface area contributed by atoms with E-state index in [0.29, 0.717) is 6.04 Å². The number of likely N-dealkylation sites (tertiary alicyclic amines) is 1. The van der Waals surface area contributed by atoms with E-state index in [9.17, 15) is 0 Å². The quantitative estimate of drug-likeness (QED) is 0.630. The van der Waals surface area contributed by atoms with Crippen LogP contribution in [0.3, 0.4) is 0 Å². The van der Waals surface area contributed by atoms with Crippen LogP contribution in [0.4, 0.5) is 0 Å². The Bertz CT molecular complexity index is 214. The normalized spacial score (nSPS) is 25.9. The molecular weight excluding hydrogens is 210 g/mol. The van der Waals surface area contributed by atoms with Gasteiger partial charge in [-0.1, -0.05) is 13.8 Å². The second-order valence-electron chi connectivity index (χ2n) is 5.98. The molecule has 100 valence electrons. The molecule has 1 aliphatic heterocycles. The lowest BCUT2D eigenvalue weighted by molar-refractivity contribution is 0.317. The molecule has 2 aliphatic rings. The third kappa shape index (κ3) is 4.94. The van der Waals surface area contributed by atoms with Crippen LogP contribution in [0.1, 0.15) is 46.0 Å². The average molecular weight is 239 g/mol. The fourth-order valence-electron chi connectivity index (χ4n) is 2.67. The van der Waals surface area contributed by atoms with E-state index in [4.69, 9.17) is 0 Å². The van der Waals surface area contributed by atoms with Crippen LogP contribution in [-0.2, 0) is 0 Å². The van der Waals surface area contributed by atoms with Gasteiger partial charge in [0.05, 0.1) is 0 Å². The number of nitrogens with zero attached hydrogens (tertiary/aromatic N) is 1. The summed E-state index contributed by atoms with van der Waals surface area (Å²) >= 11 is 0. The van der Waals surface area contributed by atoms with Gasteiger partial charge in [0, 0.05) is 31.2 Å². The van der Waals surface area contributed by atoms with Gasteiger partial charge in [-0.3, -0.25) is 4.90 Å². The van der Waals surface area contributed by atoms with Crippen molar-refractivity contribution in [3.05, 3.63) is 0 Å². The Morgan fingerprint density at radius 2 is 1.88 bits per heavy atom. The maximum Gasteiger partial charge on any atom is 0.0207 e. The van der Waals surface area contributed by atoms with E-state index >= 15 is 0 Å². The van der Waals surface area contributed by atoms with Crippen molar-refractivity contribution in [2.45, 2.75) is 64.1 Å². The van der Waals surface area contributed by atoms with Crippen molar-refractivity contribution in [3.8, 4) is 0 Å². The summed E-state index contributed by atoms with van der Waals surface area (Å²) < 4.78 is 0. The molecular formula is C14H29N3. The highest BCUT2D eigenvalue weighted by Gasteiger charge is 2.33. The zero-order valence-corrected chi connectivity index (χ0v) is 11.5. The molecule has 3 heteroatoms. The topological polar surface area (TPSA) is 27.3 Å². The Labute approximate surface area is 106 Å². The zero-order chi connectivity index (χ0) is 12.1. The minimum Gasteiger partial charge on any atom is -0.315 e. The van der Waals surface area contributed by atoms with Crippen LogP contribution >= 0.6 is 0 Å². The first-order valence-corrected chi connectivity index (χ1v) is 7.46. The monoisotopic (exact) mass is 239 g/mol. The van der Waals surface area contributed by atoms with Crippen molar-refractivity contribution in [2.24, 2.45) is 0 Å². The molecule has 1 saturated heterocycles. The molecule has 2 fully saturated rings. The molecule has 0 aromatic carbocycles. The van der Waals surface area contributed by atoms with Crippen LogP contribution < -0.4 is 10.6 Å². The van der Waals surface area contributed by atoms with Gasteiger partial charge in [-0.2, -0.15) is 0 Å². The van der Waals surface area contributed by atoms with E-state index in [2.05, 4.69) is 29.4 Å². The molecule has 0 bridgehead atoms. The number of hydrogen-bond acceptors (Lipinski definition) is 3. The van der Waals surface area contributed by atoms with Crippen LogP contribution in [-0.4, -0.2) is 49.2 Å². The van der Waals surface area contributed by atoms with Gasteiger partial charge < -0.3 is 10.6 Å². The van der Waals surface area contributed by atoms with Crippen LogP contribution in [0, 0.1) is 0 Å². The smallest absolute Gasteiger partial charge is 0.0207 e. The van der Waals surface area contributed by atoms with Crippen molar-refractivity contribution < 1.29 is 0 Å². The highest BCUT2D eigenvalue weighted by Crippen LogP contribution is 2.29. The van der Waals surface area contributed by atoms with Crippen LogP contribution in [0.25, 0.3) is 0 Å². The number of nitrogens with one attached hydrogen (secondary N) is 2. The van der Waals surface area contributed by atoms with E-state index in [1.165, 1.54) is 51.7 Å². The number of unbranched alkanes of at least 4 members (excludes halogenated alkanes) is 1. The lowest BCUT2D eigenvalue weighted by Gasteiger charge is -2.15. The number of hydrogen-bond donors (Lipinski definition) is 2. The minimum absolute atomic E-state index is 0.630. The molecule has 0 aromatic rings. The lowest BCUT2D eigenvalue weighted by atomic mass is 10.2. The first-order valence-electron chi connectivity index (χ1n) is 7.46. The van der Waals surface area contributed by atoms with Gasteiger partial charge in [0.15, 0.2) is 0 Å². The summed E-state index contributed by atoms with van der Waals surface area (Å²) in [5.74, 6) is 0. The van der Waals surface area contributed by atoms with Gasteiger partial charge in [-0.15, -0.1) is 0 Å². The molecule has 2 rings (SSSR count). The molecule has 1 heterocycles. The Morgan fingerprint density at radius 3 is 2.59 bits per heavy atom. The summed E-state index contributed by atoms with van der Waals surface area (Å²) in [7, 11) is 0. The van der Waals surface area contributed by atoms with E-state index in [0.717, 1.165) is 18.6 Å². The van der Waals surface area contributed by atoms with E-state index < -0.39 is 0 Å². The summed E-state index contributed by atoms with van der Waals surface area (Å²) in [6.45, 7) is 9.42. The maximum absolute atomic E-state index is 3.71. The van der Waals surface area contributed by atoms with E-state index in [1.54, 1.807) is 0 Å².